The van der Waals surface area contributed by atoms with E-state index in [1.54, 1.807) is 0 Å². The van der Waals surface area contributed by atoms with Crippen molar-refractivity contribution in [1.82, 2.24) is 5.43 Å². The van der Waals surface area contributed by atoms with Gasteiger partial charge in [0.2, 0.25) is 0 Å². The second-order valence-electron chi connectivity index (χ2n) is 6.08. The molecule has 1 heterocycles. The number of hydrogen-bond acceptors (Lipinski definition) is 3. The van der Waals surface area contributed by atoms with Crippen molar-refractivity contribution in [3.63, 3.8) is 0 Å². The largest absolute Gasteiger partial charge is 0.271 e. The fourth-order valence-corrected chi connectivity index (χ4v) is 5.09. The monoisotopic (exact) mass is 296 g/mol. The number of thioether (sulfide) groups is 1. The molecule has 1 aliphatic carbocycles. The average molecular weight is 296 g/mol. The molecule has 4 rings (SSSR count). The van der Waals surface area contributed by atoms with Crippen molar-refractivity contribution in [3.05, 3.63) is 65.7 Å². The average Bonchev–Trinajstić information content (AvgIpc) is 3.20. The molecule has 0 radical (unpaired) electrons. The molecule has 4 unspecified atom stereocenters. The van der Waals surface area contributed by atoms with E-state index in [0.717, 1.165) is 6.42 Å². The number of benzene rings is 2. The van der Waals surface area contributed by atoms with Crippen LogP contribution in [0.2, 0.25) is 0 Å². The van der Waals surface area contributed by atoms with E-state index < -0.39 is 0 Å². The Kier molecular flexibility index (Phi) is 3.49. The zero-order valence-electron chi connectivity index (χ0n) is 11.9. The Morgan fingerprint density at radius 2 is 1.81 bits per heavy atom. The van der Waals surface area contributed by atoms with Gasteiger partial charge >= 0.3 is 0 Å². The molecule has 1 saturated carbocycles. The molecule has 2 aliphatic rings. The van der Waals surface area contributed by atoms with Gasteiger partial charge in [0.25, 0.3) is 0 Å². The summed E-state index contributed by atoms with van der Waals surface area (Å²) in [6.07, 6.45) is 2.39. The maximum atomic E-state index is 5.91. The Bertz CT molecular complexity index is 603. The van der Waals surface area contributed by atoms with Gasteiger partial charge in [-0.05, 0) is 41.9 Å². The van der Waals surface area contributed by atoms with Crippen LogP contribution >= 0.6 is 11.8 Å². The lowest BCUT2D eigenvalue weighted by Crippen LogP contribution is -2.44. The van der Waals surface area contributed by atoms with Gasteiger partial charge in [0.15, 0.2) is 0 Å². The Labute approximate surface area is 130 Å². The van der Waals surface area contributed by atoms with Crippen LogP contribution in [0.4, 0.5) is 0 Å². The summed E-state index contributed by atoms with van der Waals surface area (Å²) in [7, 11) is 0. The summed E-state index contributed by atoms with van der Waals surface area (Å²) >= 11 is 1.99. The summed E-state index contributed by atoms with van der Waals surface area (Å²) in [5, 5.41) is 0.561. The number of hydrazine groups is 1. The van der Waals surface area contributed by atoms with E-state index in [-0.39, 0.29) is 0 Å². The molecule has 2 nitrogen and oxygen atoms in total. The maximum Gasteiger partial charge on any atom is 0.0370 e. The maximum absolute atomic E-state index is 5.91. The van der Waals surface area contributed by atoms with Crippen molar-refractivity contribution in [2.75, 3.05) is 0 Å². The van der Waals surface area contributed by atoms with Crippen molar-refractivity contribution >= 4 is 11.8 Å². The third-order valence-electron chi connectivity index (χ3n) is 4.79. The molecule has 2 aromatic rings. The van der Waals surface area contributed by atoms with Crippen molar-refractivity contribution in [3.8, 4) is 0 Å². The Balaban J connectivity index is 1.48. The van der Waals surface area contributed by atoms with Gasteiger partial charge in [-0.15, -0.1) is 11.8 Å². The highest BCUT2D eigenvalue weighted by molar-refractivity contribution is 8.00. The van der Waals surface area contributed by atoms with E-state index in [0.29, 0.717) is 23.1 Å². The Morgan fingerprint density at radius 3 is 2.57 bits per heavy atom. The van der Waals surface area contributed by atoms with E-state index in [9.17, 15) is 0 Å². The van der Waals surface area contributed by atoms with Gasteiger partial charge in [0, 0.05) is 16.2 Å². The van der Waals surface area contributed by atoms with Crippen LogP contribution in [0.15, 0.2) is 59.5 Å². The van der Waals surface area contributed by atoms with E-state index >= 15 is 0 Å². The van der Waals surface area contributed by atoms with Gasteiger partial charge in [-0.2, -0.15) is 0 Å². The SMILES string of the molecule is NNC(C1Cc2ccccc2S1)C1CC1c1ccccc1. The molecule has 0 spiro atoms. The van der Waals surface area contributed by atoms with Gasteiger partial charge in [-0.3, -0.25) is 11.3 Å². The second kappa shape index (κ2) is 5.48. The summed E-state index contributed by atoms with van der Waals surface area (Å²) in [5.41, 5.74) is 6.06. The number of nitrogens with two attached hydrogens (primary N) is 1. The van der Waals surface area contributed by atoms with Crippen LogP contribution in [0.1, 0.15) is 23.5 Å². The van der Waals surface area contributed by atoms with E-state index in [1.807, 2.05) is 11.8 Å². The van der Waals surface area contributed by atoms with E-state index in [4.69, 9.17) is 5.84 Å². The van der Waals surface area contributed by atoms with Crippen molar-refractivity contribution < 1.29 is 0 Å². The van der Waals surface area contributed by atoms with Gasteiger partial charge in [0.05, 0.1) is 0 Å². The molecule has 21 heavy (non-hydrogen) atoms. The Hall–Kier alpha value is -1.29. The van der Waals surface area contributed by atoms with Crippen LogP contribution in [0.25, 0.3) is 0 Å². The molecular formula is C18H20N2S. The van der Waals surface area contributed by atoms with Crippen LogP contribution in [0, 0.1) is 5.92 Å². The second-order valence-corrected chi connectivity index (χ2v) is 7.36. The molecule has 3 N–H and O–H groups in total. The minimum Gasteiger partial charge on any atom is -0.271 e. The molecule has 1 aliphatic heterocycles. The molecule has 0 bridgehead atoms. The molecule has 2 aromatic carbocycles. The zero-order valence-corrected chi connectivity index (χ0v) is 12.7. The van der Waals surface area contributed by atoms with E-state index in [2.05, 4.69) is 60.0 Å². The van der Waals surface area contributed by atoms with Crippen molar-refractivity contribution in [2.45, 2.75) is 34.9 Å². The molecule has 108 valence electrons. The number of rotatable bonds is 4. The fraction of sp³-hybridized carbons (Fsp3) is 0.333. The summed E-state index contributed by atoms with van der Waals surface area (Å²) in [4.78, 5) is 1.43. The minimum atomic E-state index is 0.396. The van der Waals surface area contributed by atoms with Crippen LogP contribution in [0.5, 0.6) is 0 Å². The van der Waals surface area contributed by atoms with Crippen LogP contribution < -0.4 is 11.3 Å². The first-order valence-corrected chi connectivity index (χ1v) is 8.50. The van der Waals surface area contributed by atoms with Gasteiger partial charge in [0.1, 0.15) is 0 Å². The highest BCUT2D eigenvalue weighted by Gasteiger charge is 2.47. The van der Waals surface area contributed by atoms with Crippen molar-refractivity contribution in [1.29, 1.82) is 0 Å². The lowest BCUT2D eigenvalue weighted by Gasteiger charge is -2.22. The third-order valence-corrected chi connectivity index (χ3v) is 6.21. The number of fused-ring (bicyclic) bond motifs is 1. The summed E-state index contributed by atoms with van der Waals surface area (Å²) in [6, 6.07) is 20.0. The van der Waals surface area contributed by atoms with Crippen LogP contribution in [-0.2, 0) is 6.42 Å². The highest BCUT2D eigenvalue weighted by Crippen LogP contribution is 2.53. The van der Waals surface area contributed by atoms with Gasteiger partial charge < -0.3 is 0 Å². The first-order valence-electron chi connectivity index (χ1n) is 7.62. The molecule has 1 fully saturated rings. The first kappa shape index (κ1) is 13.4. The summed E-state index contributed by atoms with van der Waals surface area (Å²) < 4.78 is 0. The molecule has 0 amide bonds. The summed E-state index contributed by atoms with van der Waals surface area (Å²) in [5.74, 6) is 7.25. The quantitative estimate of drug-likeness (QED) is 0.671. The predicted octanol–water partition coefficient (Wildman–Crippen LogP) is 3.34. The van der Waals surface area contributed by atoms with Gasteiger partial charge in [-0.1, -0.05) is 48.5 Å². The Morgan fingerprint density at radius 1 is 1.05 bits per heavy atom. The predicted molar refractivity (Wildman–Crippen MR) is 88.2 cm³/mol. The lowest BCUT2D eigenvalue weighted by atomic mass is 9.99. The van der Waals surface area contributed by atoms with Crippen LogP contribution in [0.3, 0.4) is 0 Å². The minimum absolute atomic E-state index is 0.396. The van der Waals surface area contributed by atoms with E-state index in [1.165, 1.54) is 22.4 Å². The number of nitrogens with one attached hydrogen (secondary N) is 1. The highest BCUT2D eigenvalue weighted by atomic mass is 32.2. The molecular weight excluding hydrogens is 276 g/mol. The van der Waals surface area contributed by atoms with Crippen LogP contribution in [-0.4, -0.2) is 11.3 Å². The normalized spacial score (nSPS) is 28.1. The topological polar surface area (TPSA) is 38.0 Å². The molecule has 0 saturated heterocycles. The van der Waals surface area contributed by atoms with Crippen molar-refractivity contribution in [2.24, 2.45) is 11.8 Å². The molecule has 3 heteroatoms. The smallest absolute Gasteiger partial charge is 0.0370 e. The lowest BCUT2D eigenvalue weighted by molar-refractivity contribution is 0.452. The third kappa shape index (κ3) is 2.50. The standard InChI is InChI=1S/C18H20N2S/c19-20-18(15-11-14(15)12-6-2-1-3-7-12)17-10-13-8-4-5-9-16(13)21-17/h1-9,14-15,17-18,20H,10-11,19H2. The number of hydrogen-bond donors (Lipinski definition) is 2. The van der Waals surface area contributed by atoms with Gasteiger partial charge in [-0.25, -0.2) is 0 Å². The first-order chi connectivity index (χ1) is 10.4. The summed E-state index contributed by atoms with van der Waals surface area (Å²) in [6.45, 7) is 0. The fourth-order valence-electron chi connectivity index (χ4n) is 3.61. The molecule has 4 atom stereocenters. The zero-order chi connectivity index (χ0) is 14.2. The molecule has 0 aromatic heterocycles.